The third kappa shape index (κ3) is 3.14. The van der Waals surface area contributed by atoms with Crippen molar-refractivity contribution >= 4 is 11.0 Å². The molecule has 1 aromatic heterocycles. The first-order valence-electron chi connectivity index (χ1n) is 8.23. The van der Waals surface area contributed by atoms with Crippen molar-refractivity contribution in [2.45, 2.75) is 57.5 Å². The van der Waals surface area contributed by atoms with Crippen molar-refractivity contribution in [1.29, 1.82) is 0 Å². The Morgan fingerprint density at radius 1 is 1.19 bits per heavy atom. The summed E-state index contributed by atoms with van der Waals surface area (Å²) in [6.45, 7) is 2.66. The monoisotopic (exact) mass is 286 g/mol. The lowest BCUT2D eigenvalue weighted by Gasteiger charge is -2.24. The number of aryl methyl sites for hydroxylation is 1. The largest absolute Gasteiger partial charge is 0.461 e. The van der Waals surface area contributed by atoms with Crippen LogP contribution in [0.5, 0.6) is 0 Å². The normalized spacial score (nSPS) is 18.8. The predicted octanol–water partition coefficient (Wildman–Crippen LogP) is 4.05. The minimum absolute atomic E-state index is 0.191. The Morgan fingerprint density at radius 2 is 1.90 bits per heavy atom. The van der Waals surface area contributed by atoms with Gasteiger partial charge in [-0.05, 0) is 25.8 Å². The van der Waals surface area contributed by atoms with Crippen LogP contribution in [0.2, 0.25) is 0 Å². The second-order valence-corrected chi connectivity index (χ2v) is 6.21. The molecule has 0 saturated heterocycles. The van der Waals surface area contributed by atoms with Gasteiger partial charge in [0.15, 0.2) is 0 Å². The van der Waals surface area contributed by atoms with E-state index in [-0.39, 0.29) is 6.04 Å². The molecule has 3 N–H and O–H groups in total. The Kier molecular flexibility index (Phi) is 4.61. The van der Waals surface area contributed by atoms with E-state index in [9.17, 15) is 0 Å². The molecular weight excluding hydrogens is 260 g/mol. The van der Waals surface area contributed by atoms with Gasteiger partial charge in [-0.15, -0.1) is 0 Å². The summed E-state index contributed by atoms with van der Waals surface area (Å²) in [5, 5.41) is 5.00. The van der Waals surface area contributed by atoms with Gasteiger partial charge in [-0.2, -0.15) is 0 Å². The van der Waals surface area contributed by atoms with Crippen molar-refractivity contribution < 1.29 is 4.42 Å². The molecule has 1 aliphatic rings. The lowest BCUT2D eigenvalue weighted by atomic mass is 10.00. The number of rotatable bonds is 4. The summed E-state index contributed by atoms with van der Waals surface area (Å²) < 4.78 is 5.90. The van der Waals surface area contributed by atoms with Gasteiger partial charge in [0, 0.05) is 29.6 Å². The number of nitrogens with one attached hydrogen (secondary N) is 1. The SMILES string of the molecule is Cc1oc2ccccc2c1C(CN)NC1CCCCCC1. The summed E-state index contributed by atoms with van der Waals surface area (Å²) in [5.74, 6) is 0.993. The number of fused-ring (bicyclic) bond motifs is 1. The van der Waals surface area contributed by atoms with Gasteiger partial charge < -0.3 is 15.5 Å². The van der Waals surface area contributed by atoms with Crippen LogP contribution in [-0.4, -0.2) is 12.6 Å². The Labute approximate surface area is 126 Å². The summed E-state index contributed by atoms with van der Waals surface area (Å²) in [5.41, 5.74) is 8.29. The third-order valence-electron chi connectivity index (χ3n) is 4.70. The highest BCUT2D eigenvalue weighted by molar-refractivity contribution is 5.82. The minimum Gasteiger partial charge on any atom is -0.461 e. The van der Waals surface area contributed by atoms with Crippen molar-refractivity contribution in [3.05, 3.63) is 35.6 Å². The fraction of sp³-hybridized carbons (Fsp3) is 0.556. The average Bonchev–Trinajstić information content (AvgIpc) is 2.66. The second kappa shape index (κ2) is 6.63. The molecule has 2 aromatic rings. The maximum absolute atomic E-state index is 6.08. The molecule has 1 fully saturated rings. The molecule has 114 valence electrons. The molecule has 1 unspecified atom stereocenters. The van der Waals surface area contributed by atoms with E-state index in [0.29, 0.717) is 12.6 Å². The van der Waals surface area contributed by atoms with Gasteiger partial charge in [0.1, 0.15) is 11.3 Å². The van der Waals surface area contributed by atoms with Gasteiger partial charge in [-0.25, -0.2) is 0 Å². The minimum atomic E-state index is 0.191. The number of hydrogen-bond donors (Lipinski definition) is 2. The van der Waals surface area contributed by atoms with Gasteiger partial charge in [0.05, 0.1) is 0 Å². The standard InChI is InChI=1S/C18H26N2O/c1-13-18(15-10-6-7-11-17(15)21-13)16(12-19)20-14-8-4-2-3-5-9-14/h6-7,10-11,14,16,20H,2-5,8-9,12,19H2,1H3. The van der Waals surface area contributed by atoms with Crippen LogP contribution in [0.1, 0.15) is 55.9 Å². The van der Waals surface area contributed by atoms with E-state index in [2.05, 4.69) is 17.4 Å². The van der Waals surface area contributed by atoms with Crippen LogP contribution in [0.4, 0.5) is 0 Å². The zero-order valence-electron chi connectivity index (χ0n) is 12.9. The van der Waals surface area contributed by atoms with Crippen LogP contribution < -0.4 is 11.1 Å². The summed E-state index contributed by atoms with van der Waals surface area (Å²) in [4.78, 5) is 0. The summed E-state index contributed by atoms with van der Waals surface area (Å²) in [7, 11) is 0. The molecule has 1 atom stereocenters. The molecule has 0 aliphatic heterocycles. The van der Waals surface area contributed by atoms with Gasteiger partial charge in [-0.3, -0.25) is 0 Å². The van der Waals surface area contributed by atoms with Gasteiger partial charge in [0.2, 0.25) is 0 Å². The van der Waals surface area contributed by atoms with Crippen molar-refractivity contribution in [2.75, 3.05) is 6.54 Å². The zero-order valence-corrected chi connectivity index (χ0v) is 12.9. The van der Waals surface area contributed by atoms with Gasteiger partial charge in [0.25, 0.3) is 0 Å². The first-order valence-corrected chi connectivity index (χ1v) is 8.23. The Morgan fingerprint density at radius 3 is 2.62 bits per heavy atom. The zero-order chi connectivity index (χ0) is 14.7. The van der Waals surface area contributed by atoms with E-state index >= 15 is 0 Å². The van der Waals surface area contributed by atoms with Gasteiger partial charge in [-0.1, -0.05) is 43.9 Å². The van der Waals surface area contributed by atoms with E-state index in [4.69, 9.17) is 10.2 Å². The summed E-state index contributed by atoms with van der Waals surface area (Å²) in [6.07, 6.45) is 7.95. The average molecular weight is 286 g/mol. The number of hydrogen-bond acceptors (Lipinski definition) is 3. The predicted molar refractivity (Wildman–Crippen MR) is 87.4 cm³/mol. The smallest absolute Gasteiger partial charge is 0.134 e. The van der Waals surface area contributed by atoms with E-state index in [0.717, 1.165) is 11.3 Å². The molecule has 1 aromatic carbocycles. The molecule has 1 aliphatic carbocycles. The van der Waals surface area contributed by atoms with Gasteiger partial charge >= 0.3 is 0 Å². The molecule has 1 heterocycles. The number of nitrogens with two attached hydrogens (primary N) is 1. The quantitative estimate of drug-likeness (QED) is 0.834. The molecule has 0 amide bonds. The highest BCUT2D eigenvalue weighted by Crippen LogP contribution is 2.31. The van der Waals surface area contributed by atoms with E-state index in [1.165, 1.54) is 49.5 Å². The van der Waals surface area contributed by atoms with E-state index < -0.39 is 0 Å². The molecule has 21 heavy (non-hydrogen) atoms. The summed E-state index contributed by atoms with van der Waals surface area (Å²) in [6, 6.07) is 9.04. The van der Waals surface area contributed by atoms with Crippen LogP contribution in [-0.2, 0) is 0 Å². The second-order valence-electron chi connectivity index (χ2n) is 6.21. The maximum Gasteiger partial charge on any atom is 0.134 e. The van der Waals surface area contributed by atoms with Crippen molar-refractivity contribution in [3.8, 4) is 0 Å². The maximum atomic E-state index is 6.08. The Balaban J connectivity index is 1.85. The molecule has 1 saturated carbocycles. The lowest BCUT2D eigenvalue weighted by molar-refractivity contribution is 0.399. The van der Waals surface area contributed by atoms with Crippen LogP contribution in [0, 0.1) is 6.92 Å². The fourth-order valence-electron chi connectivity index (χ4n) is 3.62. The van der Waals surface area contributed by atoms with Crippen LogP contribution >= 0.6 is 0 Å². The third-order valence-corrected chi connectivity index (χ3v) is 4.70. The highest BCUT2D eigenvalue weighted by Gasteiger charge is 2.22. The van der Waals surface area contributed by atoms with Crippen molar-refractivity contribution in [2.24, 2.45) is 5.73 Å². The molecule has 0 radical (unpaired) electrons. The molecule has 0 spiro atoms. The highest BCUT2D eigenvalue weighted by atomic mass is 16.3. The lowest BCUT2D eigenvalue weighted by Crippen LogP contribution is -2.36. The van der Waals surface area contributed by atoms with E-state index in [1.54, 1.807) is 0 Å². The Hall–Kier alpha value is -1.32. The number of benzene rings is 1. The van der Waals surface area contributed by atoms with Crippen LogP contribution in [0.3, 0.4) is 0 Å². The molecule has 0 bridgehead atoms. The van der Waals surface area contributed by atoms with Crippen molar-refractivity contribution in [1.82, 2.24) is 5.32 Å². The number of para-hydroxylation sites is 1. The Bertz CT molecular complexity index is 582. The molecule has 3 heteroatoms. The first-order chi connectivity index (χ1) is 10.3. The van der Waals surface area contributed by atoms with E-state index in [1.807, 2.05) is 19.1 Å². The first kappa shape index (κ1) is 14.6. The topological polar surface area (TPSA) is 51.2 Å². The molecular formula is C18H26N2O. The molecule has 3 nitrogen and oxygen atoms in total. The number of furan rings is 1. The molecule has 3 rings (SSSR count). The summed E-state index contributed by atoms with van der Waals surface area (Å²) >= 11 is 0. The van der Waals surface area contributed by atoms with Crippen molar-refractivity contribution in [3.63, 3.8) is 0 Å². The van der Waals surface area contributed by atoms with Crippen LogP contribution in [0.25, 0.3) is 11.0 Å². The van der Waals surface area contributed by atoms with Crippen LogP contribution in [0.15, 0.2) is 28.7 Å². The fourth-order valence-corrected chi connectivity index (χ4v) is 3.62.